The van der Waals surface area contributed by atoms with Crippen LogP contribution in [0.15, 0.2) is 83.3 Å². The number of benzene rings is 3. The topological polar surface area (TPSA) is 54.5 Å². The van der Waals surface area contributed by atoms with E-state index in [0.29, 0.717) is 11.3 Å². The Hall–Kier alpha value is -3.05. The second kappa shape index (κ2) is 7.27. The minimum atomic E-state index is -1.56. The van der Waals surface area contributed by atoms with Crippen molar-refractivity contribution < 1.29 is 14.4 Å². The molecule has 0 unspecified atom stereocenters. The minimum absolute atomic E-state index is 0.199. The van der Waals surface area contributed by atoms with Crippen LogP contribution in [0.4, 0.5) is 5.69 Å². The van der Waals surface area contributed by atoms with Crippen LogP contribution in [0.5, 0.6) is 0 Å². The first-order valence-corrected chi connectivity index (χ1v) is 11.0. The molecular formula is C26H20BrNO3. The number of amides is 1. The highest BCUT2D eigenvalue weighted by atomic mass is 79.9. The van der Waals surface area contributed by atoms with Crippen LogP contribution in [0.2, 0.25) is 0 Å². The van der Waals surface area contributed by atoms with Crippen LogP contribution in [0, 0.1) is 0 Å². The Morgan fingerprint density at radius 2 is 1.55 bits per heavy atom. The number of carbonyl (C=O) groups excluding carboxylic acids is 3. The summed E-state index contributed by atoms with van der Waals surface area (Å²) in [6.45, 7) is 1.43. The molecule has 3 aromatic rings. The van der Waals surface area contributed by atoms with Crippen LogP contribution in [-0.4, -0.2) is 23.0 Å². The molecule has 1 aliphatic carbocycles. The number of fused-ring (bicyclic) bond motifs is 1. The Kier molecular flexibility index (Phi) is 4.67. The van der Waals surface area contributed by atoms with Crippen LogP contribution in [-0.2, 0) is 9.59 Å². The second-order valence-corrected chi connectivity index (χ2v) is 9.06. The van der Waals surface area contributed by atoms with E-state index in [1.165, 1.54) is 11.8 Å². The minimum Gasteiger partial charge on any atom is -0.296 e. The van der Waals surface area contributed by atoms with Crippen molar-refractivity contribution in [3.05, 3.63) is 100 Å². The molecular weight excluding hydrogens is 454 g/mol. The highest BCUT2D eigenvalue weighted by Gasteiger charge is 2.67. The third-order valence-electron chi connectivity index (χ3n) is 6.54. The van der Waals surface area contributed by atoms with Gasteiger partial charge in [-0.05, 0) is 35.4 Å². The van der Waals surface area contributed by atoms with Crippen molar-refractivity contribution in [2.75, 3.05) is 4.90 Å². The maximum absolute atomic E-state index is 13.9. The van der Waals surface area contributed by atoms with E-state index in [-0.39, 0.29) is 29.8 Å². The number of carbonyl (C=O) groups is 3. The largest absolute Gasteiger partial charge is 0.296 e. The lowest BCUT2D eigenvalue weighted by Crippen LogP contribution is -2.59. The van der Waals surface area contributed by atoms with Crippen LogP contribution >= 0.6 is 15.9 Å². The molecule has 2 aliphatic rings. The molecule has 3 atom stereocenters. The number of hydrogen-bond donors (Lipinski definition) is 0. The number of hydrogen-bond acceptors (Lipinski definition) is 3. The zero-order valence-electron chi connectivity index (χ0n) is 16.9. The molecule has 1 aliphatic heterocycles. The molecule has 154 valence electrons. The third-order valence-corrected chi connectivity index (χ3v) is 7.07. The number of ketones is 2. The van der Waals surface area contributed by atoms with E-state index >= 15 is 0 Å². The highest BCUT2D eigenvalue weighted by molar-refractivity contribution is 9.10. The van der Waals surface area contributed by atoms with E-state index in [2.05, 4.69) is 15.9 Å². The van der Waals surface area contributed by atoms with Gasteiger partial charge in [0.15, 0.2) is 17.1 Å². The van der Waals surface area contributed by atoms with Crippen LogP contribution in [0.25, 0.3) is 0 Å². The second-order valence-electron chi connectivity index (χ2n) is 8.14. The lowest BCUT2D eigenvalue weighted by atomic mass is 9.73. The Bertz CT molecular complexity index is 1200. The van der Waals surface area contributed by atoms with Gasteiger partial charge in [0.05, 0.1) is 5.69 Å². The molecule has 5 rings (SSSR count). The van der Waals surface area contributed by atoms with Crippen LogP contribution < -0.4 is 4.90 Å². The lowest BCUT2D eigenvalue weighted by Gasteiger charge is -2.38. The number of para-hydroxylation sites is 1. The van der Waals surface area contributed by atoms with Crippen LogP contribution in [0.1, 0.15) is 46.7 Å². The van der Waals surface area contributed by atoms with Crippen molar-refractivity contribution in [2.45, 2.75) is 30.7 Å². The quantitative estimate of drug-likeness (QED) is 0.475. The molecule has 1 spiro atoms. The van der Waals surface area contributed by atoms with Gasteiger partial charge in [0, 0.05) is 35.2 Å². The predicted molar refractivity (Wildman–Crippen MR) is 122 cm³/mol. The monoisotopic (exact) mass is 473 g/mol. The van der Waals surface area contributed by atoms with Crippen molar-refractivity contribution >= 4 is 39.1 Å². The van der Waals surface area contributed by atoms with E-state index < -0.39 is 11.5 Å². The first-order chi connectivity index (χ1) is 15.0. The number of Topliss-reactive ketones (excluding diaryl/α,β-unsaturated/α-hetero) is 2. The van der Waals surface area contributed by atoms with E-state index in [0.717, 1.165) is 15.6 Å². The molecule has 0 bridgehead atoms. The molecule has 1 amide bonds. The summed E-state index contributed by atoms with van der Waals surface area (Å²) >= 11 is 3.47. The first-order valence-electron chi connectivity index (χ1n) is 10.2. The van der Waals surface area contributed by atoms with E-state index in [1.807, 2.05) is 54.6 Å². The van der Waals surface area contributed by atoms with Gasteiger partial charge >= 0.3 is 0 Å². The Morgan fingerprint density at radius 1 is 0.903 bits per heavy atom. The number of rotatable bonds is 2. The summed E-state index contributed by atoms with van der Waals surface area (Å²) in [7, 11) is 0. The molecule has 3 aromatic carbocycles. The molecule has 1 saturated carbocycles. The third kappa shape index (κ3) is 2.76. The van der Waals surface area contributed by atoms with Gasteiger partial charge in [-0.25, -0.2) is 0 Å². The Morgan fingerprint density at radius 3 is 2.23 bits per heavy atom. The fourth-order valence-corrected chi connectivity index (χ4v) is 5.66. The van der Waals surface area contributed by atoms with Gasteiger partial charge in [0.2, 0.25) is 5.91 Å². The van der Waals surface area contributed by atoms with Crippen molar-refractivity contribution in [1.82, 2.24) is 0 Å². The molecule has 0 N–H and O–H groups in total. The summed E-state index contributed by atoms with van der Waals surface area (Å²) in [6, 6.07) is 24.5. The summed E-state index contributed by atoms with van der Waals surface area (Å²) in [6.07, 6.45) is 0.199. The van der Waals surface area contributed by atoms with Gasteiger partial charge in [-0.1, -0.05) is 70.5 Å². The van der Waals surface area contributed by atoms with Crippen molar-refractivity contribution in [1.29, 1.82) is 0 Å². The molecule has 1 fully saturated rings. The van der Waals surface area contributed by atoms with E-state index in [9.17, 15) is 14.4 Å². The molecule has 5 heteroatoms. The molecule has 1 heterocycles. The lowest BCUT2D eigenvalue weighted by molar-refractivity contribution is -0.125. The van der Waals surface area contributed by atoms with Crippen LogP contribution in [0.3, 0.4) is 0 Å². The summed E-state index contributed by atoms with van der Waals surface area (Å²) in [5.41, 5.74) is 1.26. The van der Waals surface area contributed by atoms with Gasteiger partial charge in [0.25, 0.3) is 0 Å². The molecule has 31 heavy (non-hydrogen) atoms. The van der Waals surface area contributed by atoms with E-state index in [1.54, 1.807) is 24.3 Å². The Labute approximate surface area is 189 Å². The highest BCUT2D eigenvalue weighted by Crippen LogP contribution is 2.58. The summed E-state index contributed by atoms with van der Waals surface area (Å²) in [4.78, 5) is 42.1. The maximum atomic E-state index is 13.9. The molecule has 0 aromatic heterocycles. The molecule has 0 radical (unpaired) electrons. The van der Waals surface area contributed by atoms with Crippen molar-refractivity contribution in [3.8, 4) is 0 Å². The average molecular weight is 474 g/mol. The fourth-order valence-electron chi connectivity index (χ4n) is 5.40. The van der Waals surface area contributed by atoms with Crippen molar-refractivity contribution in [3.63, 3.8) is 0 Å². The zero-order chi connectivity index (χ0) is 21.8. The predicted octanol–water partition coefficient (Wildman–Crippen LogP) is 5.28. The summed E-state index contributed by atoms with van der Waals surface area (Å²) < 4.78 is 0.946. The number of nitrogens with zero attached hydrogens (tertiary/aromatic N) is 1. The van der Waals surface area contributed by atoms with Gasteiger partial charge in [-0.15, -0.1) is 0 Å². The van der Waals surface area contributed by atoms with Gasteiger partial charge < -0.3 is 0 Å². The van der Waals surface area contributed by atoms with Gasteiger partial charge in [-0.2, -0.15) is 0 Å². The number of halogens is 1. The summed E-state index contributed by atoms with van der Waals surface area (Å²) in [5, 5.41) is 0. The van der Waals surface area contributed by atoms with E-state index in [4.69, 9.17) is 0 Å². The summed E-state index contributed by atoms with van der Waals surface area (Å²) in [5.74, 6) is -1.49. The Balaban J connectivity index is 1.79. The van der Waals surface area contributed by atoms with Gasteiger partial charge in [0.1, 0.15) is 0 Å². The molecule has 0 saturated heterocycles. The smallest absolute Gasteiger partial charge is 0.225 e. The zero-order valence-corrected chi connectivity index (χ0v) is 18.5. The average Bonchev–Trinajstić information content (AvgIpc) is 3.22. The normalized spacial score (nSPS) is 24.6. The molecule has 4 nitrogen and oxygen atoms in total. The maximum Gasteiger partial charge on any atom is 0.225 e. The van der Waals surface area contributed by atoms with Crippen molar-refractivity contribution in [2.24, 2.45) is 0 Å². The first kappa shape index (κ1) is 19.9. The standard InChI is InChI=1S/C26H20BrNO3/c1-16(29)28-22-10-6-5-9-20(22)25(31)26(28)23(30)15-21(17-11-13-19(27)14-12-17)24(26)18-7-3-2-4-8-18/h2-14,21,24H,15H2,1H3/t21-,24-,26-/m1/s1. The SMILES string of the molecule is CC(=O)N1c2ccccc2C(=O)[C@]12C(=O)C[C@H](c1ccc(Br)cc1)[C@H]2c1ccccc1. The fraction of sp³-hybridized carbons (Fsp3) is 0.192. The number of anilines is 1. The van der Waals surface area contributed by atoms with Gasteiger partial charge in [-0.3, -0.25) is 19.3 Å².